The predicted molar refractivity (Wildman–Crippen MR) is 232 cm³/mol. The van der Waals surface area contributed by atoms with Crippen molar-refractivity contribution in [3.63, 3.8) is 0 Å². The molecule has 1 atom stereocenters. The number of aliphatic imine (C=N–C) groups is 2. The topological polar surface area (TPSA) is 68.0 Å². The molecule has 1 aliphatic carbocycles. The molecule has 0 fully saturated rings. The van der Waals surface area contributed by atoms with Crippen LogP contribution in [0, 0.1) is 0 Å². The van der Waals surface area contributed by atoms with Gasteiger partial charge in [0.1, 0.15) is 34.3 Å². The molecule has 10 aromatic rings. The Morgan fingerprint density at radius 1 is 0.579 bits per heavy atom. The number of furan rings is 2. The lowest BCUT2D eigenvalue weighted by atomic mass is 9.97. The van der Waals surface area contributed by atoms with Crippen molar-refractivity contribution >= 4 is 72.5 Å². The fourth-order valence-electron chi connectivity index (χ4n) is 8.87. The highest BCUT2D eigenvalue weighted by Crippen LogP contribution is 2.41. The van der Waals surface area contributed by atoms with E-state index in [0.29, 0.717) is 5.84 Å². The molecule has 1 aliphatic heterocycles. The number of hydrogen-bond acceptors (Lipinski definition) is 5. The van der Waals surface area contributed by atoms with Gasteiger partial charge in [0.25, 0.3) is 0 Å². The molecule has 1 unspecified atom stereocenters. The normalized spacial score (nSPS) is 15.3. The number of nitrogens with one attached hydrogen (secondary N) is 1. The Labute approximate surface area is 327 Å². The van der Waals surface area contributed by atoms with Crippen LogP contribution >= 0.6 is 0 Å². The van der Waals surface area contributed by atoms with Gasteiger partial charge in [-0.25, -0.2) is 9.98 Å². The average molecular weight is 735 g/mol. The van der Waals surface area contributed by atoms with Crippen molar-refractivity contribution in [3.05, 3.63) is 192 Å². The molecule has 0 saturated heterocycles. The first-order valence-electron chi connectivity index (χ1n) is 19.5. The number of rotatable bonds is 5. The maximum Gasteiger partial charge on any atom is 0.159 e. The number of amidine groups is 2. The van der Waals surface area contributed by atoms with Gasteiger partial charge in [0.05, 0.1) is 5.52 Å². The van der Waals surface area contributed by atoms with Gasteiger partial charge in [-0.3, -0.25) is 0 Å². The maximum atomic E-state index is 6.52. The minimum absolute atomic E-state index is 0.276. The number of allylic oxidation sites excluding steroid dienone is 1. The smallest absolute Gasteiger partial charge is 0.159 e. The van der Waals surface area contributed by atoms with Gasteiger partial charge in [-0.1, -0.05) is 109 Å². The molecule has 0 amide bonds. The van der Waals surface area contributed by atoms with E-state index >= 15 is 0 Å². The first kappa shape index (κ1) is 31.9. The molecule has 4 heterocycles. The Morgan fingerprint density at radius 3 is 2.16 bits per heavy atom. The highest BCUT2D eigenvalue weighted by atomic mass is 16.3. The van der Waals surface area contributed by atoms with Crippen LogP contribution in [0.3, 0.4) is 0 Å². The molecule has 270 valence electrons. The molecule has 1 N–H and O–H groups in total. The highest BCUT2D eigenvalue weighted by Gasteiger charge is 2.23. The fraction of sp³-hybridized carbons (Fsp3) is 0.0588. The van der Waals surface area contributed by atoms with Gasteiger partial charge in [0.15, 0.2) is 5.84 Å². The largest absolute Gasteiger partial charge is 0.456 e. The van der Waals surface area contributed by atoms with E-state index in [0.717, 1.165) is 96.1 Å². The van der Waals surface area contributed by atoms with Crippen molar-refractivity contribution in [3.8, 4) is 16.8 Å². The zero-order chi connectivity index (χ0) is 37.5. The van der Waals surface area contributed by atoms with E-state index in [1.54, 1.807) is 0 Å². The van der Waals surface area contributed by atoms with Gasteiger partial charge in [-0.05, 0) is 90.2 Å². The van der Waals surface area contributed by atoms with Crippen LogP contribution in [-0.2, 0) is 6.42 Å². The molecule has 0 saturated carbocycles. The van der Waals surface area contributed by atoms with Gasteiger partial charge in [0.2, 0.25) is 0 Å². The number of fused-ring (bicyclic) bond motifs is 9. The van der Waals surface area contributed by atoms with Gasteiger partial charge >= 0.3 is 0 Å². The average Bonchev–Trinajstić information content (AvgIpc) is 3.95. The van der Waals surface area contributed by atoms with Crippen molar-refractivity contribution in [2.24, 2.45) is 9.98 Å². The Balaban J connectivity index is 0.997. The molecular weight excluding hydrogens is 701 g/mol. The third-order valence-corrected chi connectivity index (χ3v) is 11.5. The molecule has 6 heteroatoms. The summed E-state index contributed by atoms with van der Waals surface area (Å²) in [6.07, 6.45) is 6.35. The molecular formula is C51H34N4O2. The van der Waals surface area contributed by atoms with E-state index in [-0.39, 0.29) is 6.17 Å². The quantitative estimate of drug-likeness (QED) is 0.191. The molecule has 7 aromatic carbocycles. The highest BCUT2D eigenvalue weighted by molar-refractivity contribution is 6.17. The van der Waals surface area contributed by atoms with Crippen LogP contribution < -0.4 is 5.32 Å². The van der Waals surface area contributed by atoms with Crippen LogP contribution in [0.1, 0.15) is 40.5 Å². The van der Waals surface area contributed by atoms with Crippen LogP contribution in [-0.4, -0.2) is 16.2 Å². The summed E-state index contributed by atoms with van der Waals surface area (Å²) in [6, 6.07) is 55.0. The summed E-state index contributed by atoms with van der Waals surface area (Å²) >= 11 is 0. The zero-order valence-electron chi connectivity index (χ0n) is 30.8. The third kappa shape index (κ3) is 5.11. The number of para-hydroxylation sites is 1. The van der Waals surface area contributed by atoms with Crippen LogP contribution in [0.15, 0.2) is 183 Å². The number of nitrogens with zero attached hydrogens (tertiary/aromatic N) is 3. The summed E-state index contributed by atoms with van der Waals surface area (Å²) in [7, 11) is 0. The monoisotopic (exact) mass is 734 g/mol. The summed E-state index contributed by atoms with van der Waals surface area (Å²) in [4.78, 5) is 10.2. The molecule has 57 heavy (non-hydrogen) atoms. The van der Waals surface area contributed by atoms with E-state index in [1.165, 1.54) is 22.2 Å². The number of hydrogen-bond donors (Lipinski definition) is 1. The Bertz CT molecular complexity index is 3330. The minimum Gasteiger partial charge on any atom is -0.456 e. The summed E-state index contributed by atoms with van der Waals surface area (Å²) in [5.41, 5.74) is 13.7. The second-order valence-electron chi connectivity index (χ2n) is 14.9. The van der Waals surface area contributed by atoms with Gasteiger partial charge in [-0.15, -0.1) is 0 Å². The molecule has 0 radical (unpaired) electrons. The lowest BCUT2D eigenvalue weighted by molar-refractivity contribution is 0.668. The van der Waals surface area contributed by atoms with Crippen LogP contribution in [0.25, 0.3) is 77.7 Å². The van der Waals surface area contributed by atoms with E-state index in [4.69, 9.17) is 18.8 Å². The van der Waals surface area contributed by atoms with Gasteiger partial charge in [-0.2, -0.15) is 0 Å². The SMILES string of the molecule is C1=Cc2c(n(-c3ccc4oc5cccc(-c6ccc7oc8ccc(C9=NC(c%10ccccc%10)NC(c%10ccccc%10)=N9)cc8c7c6)c5c4c3)c3ccccc23)CC1. The molecule has 0 bridgehead atoms. The summed E-state index contributed by atoms with van der Waals surface area (Å²) in [5.74, 6) is 1.46. The first-order valence-corrected chi connectivity index (χ1v) is 19.5. The van der Waals surface area contributed by atoms with E-state index in [2.05, 4.69) is 137 Å². The molecule has 2 aliphatic rings. The van der Waals surface area contributed by atoms with Gasteiger partial charge < -0.3 is 18.7 Å². The second-order valence-corrected chi connectivity index (χ2v) is 14.9. The van der Waals surface area contributed by atoms with Crippen molar-refractivity contribution in [2.45, 2.75) is 19.0 Å². The van der Waals surface area contributed by atoms with Crippen molar-refractivity contribution < 1.29 is 8.83 Å². The summed E-state index contributed by atoms with van der Waals surface area (Å²) < 4.78 is 15.4. The van der Waals surface area contributed by atoms with E-state index in [9.17, 15) is 0 Å². The van der Waals surface area contributed by atoms with Crippen molar-refractivity contribution in [2.75, 3.05) is 0 Å². The van der Waals surface area contributed by atoms with Crippen LogP contribution in [0.2, 0.25) is 0 Å². The molecule has 3 aromatic heterocycles. The Morgan fingerprint density at radius 2 is 1.30 bits per heavy atom. The second kappa shape index (κ2) is 12.5. The van der Waals surface area contributed by atoms with Crippen LogP contribution in [0.5, 0.6) is 0 Å². The first-order chi connectivity index (χ1) is 28.2. The molecule has 12 rings (SSSR count). The van der Waals surface area contributed by atoms with Crippen molar-refractivity contribution in [1.29, 1.82) is 0 Å². The number of benzene rings is 7. The predicted octanol–water partition coefficient (Wildman–Crippen LogP) is 12.6. The molecule has 0 spiro atoms. The number of aromatic nitrogens is 1. The van der Waals surface area contributed by atoms with Crippen molar-refractivity contribution in [1.82, 2.24) is 9.88 Å². The van der Waals surface area contributed by atoms with E-state index in [1.807, 2.05) is 42.5 Å². The minimum atomic E-state index is -0.276. The standard InChI is InChI=1S/C51H34N4O2/c1-3-12-31(13-4-1)49-52-50(32-14-5-2-6-15-32)54-51(53-49)34-23-26-45-40(29-34)39-28-33(22-25-44(39)56-45)36-18-11-21-47-48(36)41-30-35(24-27-46(41)57-47)55-42-19-9-7-16-37(42)38-17-8-10-20-43(38)55/h1-9,11-19,21-30,49H,10,20H2,(H,52,53,54). The van der Waals surface area contributed by atoms with Gasteiger partial charge in [0, 0.05) is 55.0 Å². The summed E-state index contributed by atoms with van der Waals surface area (Å²) in [6.45, 7) is 0. The summed E-state index contributed by atoms with van der Waals surface area (Å²) in [5, 5.41) is 9.10. The molecule has 6 nitrogen and oxygen atoms in total. The maximum absolute atomic E-state index is 6.52. The van der Waals surface area contributed by atoms with E-state index < -0.39 is 0 Å². The zero-order valence-corrected chi connectivity index (χ0v) is 30.8. The lowest BCUT2D eigenvalue weighted by Gasteiger charge is -2.23. The third-order valence-electron chi connectivity index (χ3n) is 11.5. The van der Waals surface area contributed by atoms with Crippen LogP contribution in [0.4, 0.5) is 0 Å². The fourth-order valence-corrected chi connectivity index (χ4v) is 8.87. The lowest BCUT2D eigenvalue weighted by Crippen LogP contribution is -2.33. The Hall–Kier alpha value is -7.44. The Kier molecular flexibility index (Phi) is 7.01.